The second-order valence-corrected chi connectivity index (χ2v) is 0.998. The second kappa shape index (κ2) is 3.19. The van der Waals surface area contributed by atoms with Gasteiger partial charge in [0.25, 0.3) is 0 Å². The van der Waals surface area contributed by atoms with E-state index in [0.717, 1.165) is 19.6 Å². The van der Waals surface area contributed by atoms with Crippen molar-refractivity contribution in [1.29, 1.82) is 0 Å². The maximum atomic E-state index is 4.44. The topological polar surface area (TPSA) is 18.5 Å². The van der Waals surface area contributed by atoms with E-state index < -0.39 is 0 Å². The summed E-state index contributed by atoms with van der Waals surface area (Å²) >= 11 is 0. The summed E-state index contributed by atoms with van der Waals surface area (Å²) in [5.41, 5.74) is 0. The predicted octanol–water partition coefficient (Wildman–Crippen LogP) is -0.0425. The van der Waals surface area contributed by atoms with Gasteiger partial charge in [0, 0.05) is 14.8 Å². The average Bonchev–Trinajstić information content (AvgIpc) is 1.76. The van der Waals surface area contributed by atoms with Crippen molar-refractivity contribution in [2.24, 2.45) is 0 Å². The van der Waals surface area contributed by atoms with E-state index in [0.29, 0.717) is 0 Å². The summed E-state index contributed by atoms with van der Waals surface area (Å²) < 4.78 is 0. The molecule has 0 aromatic rings. The largest absolute Gasteiger partial charge is 0.237 e. The molecule has 0 spiro atoms. The zero-order valence-corrected chi connectivity index (χ0v) is 3.52. The van der Waals surface area contributed by atoms with Crippen molar-refractivity contribution in [2.45, 2.75) is 6.42 Å². The van der Waals surface area contributed by atoms with Crippen LogP contribution in [-0.2, 0) is 9.78 Å². The first kappa shape index (κ1) is 5.98. The van der Waals surface area contributed by atoms with E-state index >= 15 is 0 Å². The monoisotopic (exact) mass is 85.0 g/mol. The molecule has 1 aliphatic heterocycles. The van der Waals surface area contributed by atoms with Gasteiger partial charge >= 0.3 is 0 Å². The maximum absolute atomic E-state index is 4.44. The van der Waals surface area contributed by atoms with Crippen LogP contribution >= 0.6 is 0 Å². The van der Waals surface area contributed by atoms with Gasteiger partial charge in [-0.3, -0.25) is 0 Å². The summed E-state index contributed by atoms with van der Waals surface area (Å²) in [5.74, 6) is 0. The van der Waals surface area contributed by atoms with Crippen molar-refractivity contribution >= 4 is 8.41 Å². The van der Waals surface area contributed by atoms with E-state index in [1.54, 1.807) is 0 Å². The normalized spacial score (nSPS) is 20.0. The molecule has 0 unspecified atom stereocenters. The lowest BCUT2D eigenvalue weighted by molar-refractivity contribution is -0.248. The molecule has 1 heterocycles. The first-order valence-corrected chi connectivity index (χ1v) is 1.74. The zero-order valence-electron chi connectivity index (χ0n) is 3.52. The van der Waals surface area contributed by atoms with Crippen molar-refractivity contribution in [3.63, 3.8) is 0 Å². The van der Waals surface area contributed by atoms with Crippen molar-refractivity contribution < 1.29 is 9.78 Å². The SMILES string of the molecule is C1COOC1.[B]. The lowest BCUT2D eigenvalue weighted by atomic mass is 10.5. The van der Waals surface area contributed by atoms with E-state index in [-0.39, 0.29) is 8.41 Å². The quantitative estimate of drug-likeness (QED) is 0.303. The Hall–Kier alpha value is -0.0151. The standard InChI is InChI=1S/C3H6O2.B/c1-2-4-5-3-1;/h1-3H2;. The molecule has 0 aromatic heterocycles. The summed E-state index contributed by atoms with van der Waals surface area (Å²) in [6.45, 7) is 1.56. The van der Waals surface area contributed by atoms with Gasteiger partial charge in [-0.05, 0) is 0 Å². The Kier molecular flexibility index (Phi) is 3.18. The molecule has 1 fully saturated rings. The van der Waals surface area contributed by atoms with Gasteiger partial charge in [0.1, 0.15) is 0 Å². The van der Waals surface area contributed by atoms with Gasteiger partial charge in [-0.1, -0.05) is 0 Å². The van der Waals surface area contributed by atoms with Crippen LogP contribution in [0.4, 0.5) is 0 Å². The lowest BCUT2D eigenvalue weighted by Gasteiger charge is -1.77. The third-order valence-corrected chi connectivity index (χ3v) is 0.539. The number of hydrogen-bond donors (Lipinski definition) is 0. The Balaban J connectivity index is 0.000000250. The van der Waals surface area contributed by atoms with Crippen LogP contribution in [0.3, 0.4) is 0 Å². The van der Waals surface area contributed by atoms with E-state index in [1.165, 1.54) is 0 Å². The van der Waals surface area contributed by atoms with Gasteiger partial charge in [-0.2, -0.15) is 0 Å². The highest BCUT2D eigenvalue weighted by atomic mass is 17.2. The number of hydrogen-bond acceptors (Lipinski definition) is 2. The van der Waals surface area contributed by atoms with Gasteiger partial charge < -0.3 is 0 Å². The molecule has 0 bridgehead atoms. The van der Waals surface area contributed by atoms with Crippen molar-refractivity contribution in [1.82, 2.24) is 0 Å². The fourth-order valence-electron chi connectivity index (χ4n) is 0.295. The number of rotatable bonds is 0. The minimum Gasteiger partial charge on any atom is -0.237 e. The van der Waals surface area contributed by atoms with E-state index in [9.17, 15) is 0 Å². The molecule has 1 rings (SSSR count). The molecule has 1 saturated heterocycles. The Morgan fingerprint density at radius 3 is 1.67 bits per heavy atom. The highest BCUT2D eigenvalue weighted by Gasteiger charge is 1.95. The van der Waals surface area contributed by atoms with Crippen molar-refractivity contribution in [2.75, 3.05) is 13.2 Å². The molecule has 3 radical (unpaired) electrons. The maximum Gasteiger partial charge on any atom is 0.0845 e. The second-order valence-electron chi connectivity index (χ2n) is 0.998. The molecule has 0 saturated carbocycles. The molecule has 2 nitrogen and oxygen atoms in total. The van der Waals surface area contributed by atoms with Crippen molar-refractivity contribution in [3.05, 3.63) is 0 Å². The molecule has 0 aliphatic carbocycles. The highest BCUT2D eigenvalue weighted by molar-refractivity contribution is 5.75. The lowest BCUT2D eigenvalue weighted by Crippen LogP contribution is -1.72. The molecular formula is C3H6BO2. The molecule has 0 amide bonds. The molecule has 0 N–H and O–H groups in total. The van der Waals surface area contributed by atoms with Crippen LogP contribution in [0.1, 0.15) is 6.42 Å². The smallest absolute Gasteiger partial charge is 0.0845 e. The Labute approximate surface area is 38.9 Å². The van der Waals surface area contributed by atoms with Gasteiger partial charge in [-0.15, -0.1) is 0 Å². The minimum absolute atomic E-state index is 0. The molecule has 6 heavy (non-hydrogen) atoms. The van der Waals surface area contributed by atoms with E-state index in [2.05, 4.69) is 9.78 Å². The van der Waals surface area contributed by atoms with Crippen LogP contribution in [-0.4, -0.2) is 21.6 Å². The van der Waals surface area contributed by atoms with Gasteiger partial charge in [0.2, 0.25) is 0 Å². The first-order chi connectivity index (χ1) is 2.50. The van der Waals surface area contributed by atoms with Gasteiger partial charge in [0.05, 0.1) is 13.2 Å². The first-order valence-electron chi connectivity index (χ1n) is 1.74. The van der Waals surface area contributed by atoms with Crippen LogP contribution in [0.5, 0.6) is 0 Å². The summed E-state index contributed by atoms with van der Waals surface area (Å²) in [7, 11) is 0. The van der Waals surface area contributed by atoms with Crippen LogP contribution in [0.15, 0.2) is 0 Å². The van der Waals surface area contributed by atoms with Gasteiger partial charge in [0.15, 0.2) is 0 Å². The summed E-state index contributed by atoms with van der Waals surface area (Å²) in [5, 5.41) is 0. The summed E-state index contributed by atoms with van der Waals surface area (Å²) in [6.07, 6.45) is 1.06. The fourth-order valence-corrected chi connectivity index (χ4v) is 0.295. The summed E-state index contributed by atoms with van der Waals surface area (Å²) in [6, 6.07) is 0. The van der Waals surface area contributed by atoms with Crippen LogP contribution in [0, 0.1) is 0 Å². The molecule has 0 atom stereocenters. The molecule has 1 aliphatic rings. The predicted molar refractivity (Wildman–Crippen MR) is 22.3 cm³/mol. The van der Waals surface area contributed by atoms with Crippen molar-refractivity contribution in [3.8, 4) is 0 Å². The molecular weight excluding hydrogens is 78.8 g/mol. The Morgan fingerprint density at radius 2 is 1.50 bits per heavy atom. The van der Waals surface area contributed by atoms with Crippen LogP contribution < -0.4 is 0 Å². The van der Waals surface area contributed by atoms with Gasteiger partial charge in [-0.25, -0.2) is 9.78 Å². The van der Waals surface area contributed by atoms with Crippen LogP contribution in [0.25, 0.3) is 0 Å². The third-order valence-electron chi connectivity index (χ3n) is 0.539. The molecule has 0 aromatic carbocycles. The fraction of sp³-hybridized carbons (Fsp3) is 1.00. The molecule has 33 valence electrons. The Morgan fingerprint density at radius 1 is 1.00 bits per heavy atom. The Bertz CT molecular complexity index is 20.4. The molecule has 3 heteroatoms. The summed E-state index contributed by atoms with van der Waals surface area (Å²) in [4.78, 5) is 8.89. The van der Waals surface area contributed by atoms with E-state index in [4.69, 9.17) is 0 Å². The minimum atomic E-state index is 0. The third kappa shape index (κ3) is 1.43. The zero-order chi connectivity index (χ0) is 3.54. The average molecular weight is 84.9 g/mol. The highest BCUT2D eigenvalue weighted by Crippen LogP contribution is 1.93. The van der Waals surface area contributed by atoms with Crippen LogP contribution in [0.2, 0.25) is 0 Å². The van der Waals surface area contributed by atoms with E-state index in [1.807, 2.05) is 0 Å².